The second-order valence-corrected chi connectivity index (χ2v) is 11.8. The van der Waals surface area contributed by atoms with Crippen LogP contribution in [0.4, 0.5) is 4.39 Å². The van der Waals surface area contributed by atoms with E-state index in [4.69, 9.17) is 10.1 Å². The SMILES string of the molecule is O=C(O)CC[C@@H]1N=C(c2ccccc2F)c2cc(Br)ccc2-n2c(SCCCN3CCN(CCO)CC3)nnc21. The van der Waals surface area contributed by atoms with Gasteiger partial charge in [-0.2, -0.15) is 0 Å². The predicted octanol–water partition coefficient (Wildman–Crippen LogP) is 4.02. The summed E-state index contributed by atoms with van der Waals surface area (Å²) in [6.45, 7) is 5.84. The number of rotatable bonds is 11. The van der Waals surface area contributed by atoms with Crippen LogP contribution in [0, 0.1) is 5.82 Å². The van der Waals surface area contributed by atoms with Gasteiger partial charge in [-0.15, -0.1) is 10.2 Å². The zero-order chi connectivity index (χ0) is 28.1. The third-order valence-corrected chi connectivity index (χ3v) is 8.70. The van der Waals surface area contributed by atoms with E-state index in [1.807, 2.05) is 22.8 Å². The highest BCUT2D eigenvalue weighted by atomic mass is 79.9. The first kappa shape index (κ1) is 28.9. The fourth-order valence-corrected chi connectivity index (χ4v) is 6.38. The van der Waals surface area contributed by atoms with Gasteiger partial charge in [-0.3, -0.25) is 19.3 Å². The molecule has 3 aromatic rings. The first-order valence-corrected chi connectivity index (χ1v) is 15.2. The van der Waals surface area contributed by atoms with Gasteiger partial charge in [-0.25, -0.2) is 4.39 Å². The second-order valence-electron chi connectivity index (χ2n) is 9.85. The number of nitrogens with zero attached hydrogens (tertiary/aromatic N) is 6. The number of fused-ring (bicyclic) bond motifs is 3. The average Bonchev–Trinajstić information content (AvgIpc) is 3.30. The fraction of sp³-hybridized carbons (Fsp3) is 0.429. The summed E-state index contributed by atoms with van der Waals surface area (Å²) in [7, 11) is 0. The third-order valence-electron chi connectivity index (χ3n) is 7.19. The number of benzene rings is 2. The van der Waals surface area contributed by atoms with E-state index in [1.54, 1.807) is 30.0 Å². The Morgan fingerprint density at radius 3 is 2.52 bits per heavy atom. The number of aliphatic hydroxyl groups excluding tert-OH is 1. The summed E-state index contributed by atoms with van der Waals surface area (Å²) < 4.78 is 17.8. The summed E-state index contributed by atoms with van der Waals surface area (Å²) in [6.07, 6.45) is 1.09. The summed E-state index contributed by atoms with van der Waals surface area (Å²) in [4.78, 5) is 21.1. The number of carboxylic acid groups (broad SMARTS) is 1. The first-order chi connectivity index (χ1) is 19.4. The Morgan fingerprint density at radius 2 is 1.80 bits per heavy atom. The van der Waals surface area contributed by atoms with Crippen LogP contribution in [0.15, 0.2) is 57.1 Å². The summed E-state index contributed by atoms with van der Waals surface area (Å²) in [6, 6.07) is 11.7. The van der Waals surface area contributed by atoms with Crippen LogP contribution in [0.1, 0.15) is 42.3 Å². The topological polar surface area (TPSA) is 107 Å². The van der Waals surface area contributed by atoms with Crippen LogP contribution in [0.3, 0.4) is 0 Å². The van der Waals surface area contributed by atoms with Gasteiger partial charge < -0.3 is 15.1 Å². The van der Waals surface area contributed by atoms with E-state index in [-0.39, 0.29) is 19.4 Å². The monoisotopic (exact) mass is 630 g/mol. The van der Waals surface area contributed by atoms with Crippen LogP contribution >= 0.6 is 27.7 Å². The molecule has 0 bridgehead atoms. The van der Waals surface area contributed by atoms with Crippen LogP contribution in [-0.2, 0) is 4.79 Å². The molecule has 1 atom stereocenters. The number of thioether (sulfide) groups is 1. The van der Waals surface area contributed by atoms with Crippen LogP contribution in [-0.4, -0.2) is 98.1 Å². The Hall–Kier alpha value is -2.64. The minimum atomic E-state index is -0.926. The molecule has 0 unspecified atom stereocenters. The number of carboxylic acids is 1. The van der Waals surface area contributed by atoms with Gasteiger partial charge in [0.05, 0.1) is 18.0 Å². The molecule has 0 spiro atoms. The second kappa shape index (κ2) is 13.3. The quantitative estimate of drug-likeness (QED) is 0.242. The van der Waals surface area contributed by atoms with Gasteiger partial charge in [0.2, 0.25) is 0 Å². The highest BCUT2D eigenvalue weighted by molar-refractivity contribution is 9.10. The van der Waals surface area contributed by atoms with Crippen molar-refractivity contribution >= 4 is 39.4 Å². The molecule has 0 amide bonds. The van der Waals surface area contributed by atoms with Gasteiger partial charge in [0.1, 0.15) is 11.9 Å². The minimum Gasteiger partial charge on any atom is -0.481 e. The molecule has 5 rings (SSSR count). The van der Waals surface area contributed by atoms with E-state index in [0.29, 0.717) is 22.3 Å². The van der Waals surface area contributed by atoms with Crippen molar-refractivity contribution < 1.29 is 19.4 Å². The molecule has 2 aliphatic rings. The van der Waals surface area contributed by atoms with Crippen molar-refractivity contribution in [1.29, 1.82) is 0 Å². The number of aliphatic imine (C=N–C) groups is 1. The number of hydrogen-bond donors (Lipinski definition) is 2. The summed E-state index contributed by atoms with van der Waals surface area (Å²) >= 11 is 5.17. The van der Waals surface area contributed by atoms with Crippen molar-refractivity contribution in [3.8, 4) is 5.69 Å². The van der Waals surface area contributed by atoms with Crippen molar-refractivity contribution in [3.63, 3.8) is 0 Å². The number of aliphatic hydroxyl groups is 1. The average molecular weight is 632 g/mol. The normalized spacial score (nSPS) is 17.7. The molecule has 3 heterocycles. The number of piperazine rings is 1. The number of β-amino-alcohol motifs (C(OH)–C–C–N with tert-alkyl or cyclic N) is 1. The number of aliphatic carboxylic acids is 1. The fourth-order valence-electron chi connectivity index (χ4n) is 5.14. The smallest absolute Gasteiger partial charge is 0.303 e. The summed E-state index contributed by atoms with van der Waals surface area (Å²) in [5.41, 5.74) is 2.33. The molecule has 2 aromatic carbocycles. The van der Waals surface area contributed by atoms with Crippen LogP contribution in [0.2, 0.25) is 0 Å². The Kier molecular flexibility index (Phi) is 9.63. The first-order valence-electron chi connectivity index (χ1n) is 13.4. The van der Waals surface area contributed by atoms with Crippen molar-refractivity contribution in [1.82, 2.24) is 24.6 Å². The zero-order valence-corrected chi connectivity index (χ0v) is 24.4. The van der Waals surface area contributed by atoms with E-state index in [2.05, 4.69) is 35.9 Å². The van der Waals surface area contributed by atoms with E-state index in [9.17, 15) is 9.90 Å². The van der Waals surface area contributed by atoms with Gasteiger partial charge in [0.25, 0.3) is 0 Å². The summed E-state index contributed by atoms with van der Waals surface area (Å²) in [5, 5.41) is 28.3. The molecule has 0 saturated carbocycles. The molecule has 9 nitrogen and oxygen atoms in total. The van der Waals surface area contributed by atoms with E-state index in [1.165, 1.54) is 6.07 Å². The lowest BCUT2D eigenvalue weighted by atomic mass is 10.00. The molecule has 12 heteroatoms. The molecule has 1 saturated heterocycles. The van der Waals surface area contributed by atoms with Gasteiger partial charge in [-0.05, 0) is 49.7 Å². The van der Waals surface area contributed by atoms with Crippen molar-refractivity contribution in [2.24, 2.45) is 4.99 Å². The predicted molar refractivity (Wildman–Crippen MR) is 156 cm³/mol. The lowest BCUT2D eigenvalue weighted by molar-refractivity contribution is -0.137. The maximum Gasteiger partial charge on any atom is 0.303 e. The van der Waals surface area contributed by atoms with Crippen LogP contribution in [0.5, 0.6) is 0 Å². The Balaban J connectivity index is 1.41. The highest BCUT2D eigenvalue weighted by Gasteiger charge is 2.30. The van der Waals surface area contributed by atoms with Gasteiger partial charge in [0, 0.05) is 60.5 Å². The molecule has 0 radical (unpaired) electrons. The van der Waals surface area contributed by atoms with Gasteiger partial charge >= 0.3 is 5.97 Å². The largest absolute Gasteiger partial charge is 0.481 e. The molecule has 0 aliphatic carbocycles. The molecule has 40 heavy (non-hydrogen) atoms. The lowest BCUT2D eigenvalue weighted by Crippen LogP contribution is -2.47. The Labute approximate surface area is 245 Å². The molecule has 2 aliphatic heterocycles. The molecular weight excluding hydrogens is 599 g/mol. The molecule has 212 valence electrons. The van der Waals surface area contributed by atoms with Gasteiger partial charge in [0.15, 0.2) is 11.0 Å². The van der Waals surface area contributed by atoms with Crippen molar-refractivity contribution in [2.75, 3.05) is 51.6 Å². The number of halogens is 2. The van der Waals surface area contributed by atoms with E-state index < -0.39 is 17.8 Å². The van der Waals surface area contributed by atoms with Gasteiger partial charge in [-0.1, -0.05) is 39.8 Å². The van der Waals surface area contributed by atoms with E-state index in [0.717, 1.165) is 67.2 Å². The van der Waals surface area contributed by atoms with Crippen LogP contribution in [0.25, 0.3) is 5.69 Å². The standard InChI is InChI=1S/C28H32BrFN6O3S/c29-19-6-8-24-21(18-19)26(20-4-1-2-5-22(20)30)31-23(7-9-25(38)39)27-32-33-28(36(24)27)40-17-3-10-34-11-13-35(14-12-34)15-16-37/h1-2,4-6,8,18,23,37H,3,7,9-17H2,(H,38,39)/t23-/m0/s1. The number of hydrogen-bond acceptors (Lipinski definition) is 8. The zero-order valence-electron chi connectivity index (χ0n) is 22.0. The summed E-state index contributed by atoms with van der Waals surface area (Å²) in [5.74, 6) is 0.0686. The maximum absolute atomic E-state index is 15.1. The molecule has 2 N–H and O–H groups in total. The molecule has 1 aromatic heterocycles. The lowest BCUT2D eigenvalue weighted by Gasteiger charge is -2.34. The highest BCUT2D eigenvalue weighted by Crippen LogP contribution is 2.37. The van der Waals surface area contributed by atoms with Crippen LogP contribution < -0.4 is 0 Å². The Morgan fingerprint density at radius 1 is 1.05 bits per heavy atom. The number of aromatic nitrogens is 3. The van der Waals surface area contributed by atoms with Crippen molar-refractivity contribution in [2.45, 2.75) is 30.5 Å². The molecule has 1 fully saturated rings. The molecular formula is C28H32BrFN6O3S. The maximum atomic E-state index is 15.1. The van der Waals surface area contributed by atoms with E-state index >= 15 is 4.39 Å². The third kappa shape index (κ3) is 6.63. The Bertz CT molecular complexity index is 1380. The van der Waals surface area contributed by atoms with Crippen molar-refractivity contribution in [3.05, 3.63) is 69.7 Å². The number of carbonyl (C=O) groups is 1. The minimum absolute atomic E-state index is 0.0976.